The normalized spacial score (nSPS) is 17.2. The Bertz CT molecular complexity index is 514. The van der Waals surface area contributed by atoms with Crippen LogP contribution in [0.25, 0.3) is 0 Å². The van der Waals surface area contributed by atoms with Gasteiger partial charge < -0.3 is 10.2 Å². The highest BCUT2D eigenvalue weighted by atomic mass is 32.2. The van der Waals surface area contributed by atoms with Crippen LogP contribution in [-0.4, -0.2) is 47.2 Å². The SMILES string of the molecule is CCN1CCC(NC(=O)CSc2ccc(C(F)(F)F)cn2)CC1. The summed E-state index contributed by atoms with van der Waals surface area (Å²) >= 11 is 1.14. The Hall–Kier alpha value is -1.28. The molecular formula is C15H20F3N3OS. The molecule has 8 heteroatoms. The first-order valence-corrected chi connectivity index (χ1v) is 8.55. The molecule has 128 valence electrons. The zero-order chi connectivity index (χ0) is 16.9. The third kappa shape index (κ3) is 5.69. The average Bonchev–Trinajstić information content (AvgIpc) is 2.53. The maximum Gasteiger partial charge on any atom is 0.417 e. The van der Waals surface area contributed by atoms with Crippen LogP contribution in [0.1, 0.15) is 25.3 Å². The number of halogens is 3. The molecule has 0 aromatic carbocycles. The fraction of sp³-hybridized carbons (Fsp3) is 0.600. The lowest BCUT2D eigenvalue weighted by atomic mass is 10.1. The van der Waals surface area contributed by atoms with Crippen LogP contribution in [0.15, 0.2) is 23.4 Å². The van der Waals surface area contributed by atoms with E-state index in [2.05, 4.69) is 22.1 Å². The molecule has 1 aromatic rings. The summed E-state index contributed by atoms with van der Waals surface area (Å²) in [5.41, 5.74) is -0.783. The fourth-order valence-corrected chi connectivity index (χ4v) is 3.09. The molecule has 4 nitrogen and oxygen atoms in total. The molecule has 0 aliphatic carbocycles. The van der Waals surface area contributed by atoms with E-state index in [1.165, 1.54) is 6.07 Å². The highest BCUT2D eigenvalue weighted by molar-refractivity contribution is 7.99. The minimum absolute atomic E-state index is 0.105. The average molecular weight is 347 g/mol. The second-order valence-corrected chi connectivity index (χ2v) is 6.44. The number of alkyl halides is 3. The van der Waals surface area contributed by atoms with Crippen molar-refractivity contribution >= 4 is 17.7 Å². The van der Waals surface area contributed by atoms with Crippen molar-refractivity contribution in [1.82, 2.24) is 15.2 Å². The van der Waals surface area contributed by atoms with E-state index in [0.717, 1.165) is 56.5 Å². The molecule has 23 heavy (non-hydrogen) atoms. The third-order valence-electron chi connectivity index (χ3n) is 3.81. The first kappa shape index (κ1) is 18.1. The van der Waals surface area contributed by atoms with E-state index in [1.807, 2.05) is 0 Å². The van der Waals surface area contributed by atoms with Crippen LogP contribution >= 0.6 is 11.8 Å². The van der Waals surface area contributed by atoms with Crippen molar-refractivity contribution in [3.8, 4) is 0 Å². The molecule has 0 saturated carbocycles. The van der Waals surface area contributed by atoms with Gasteiger partial charge in [0, 0.05) is 25.3 Å². The summed E-state index contributed by atoms with van der Waals surface area (Å²) in [4.78, 5) is 18.0. The molecule has 1 aliphatic rings. The Balaban J connectivity index is 1.74. The predicted molar refractivity (Wildman–Crippen MR) is 83.2 cm³/mol. The Labute approximate surface area is 137 Å². The van der Waals surface area contributed by atoms with Gasteiger partial charge in [-0.1, -0.05) is 18.7 Å². The number of carbonyl (C=O) groups excluding carboxylic acids is 1. The smallest absolute Gasteiger partial charge is 0.353 e. The van der Waals surface area contributed by atoms with Gasteiger partial charge in [-0.25, -0.2) is 4.98 Å². The molecule has 1 N–H and O–H groups in total. The molecule has 1 saturated heterocycles. The van der Waals surface area contributed by atoms with Crippen molar-refractivity contribution < 1.29 is 18.0 Å². The molecule has 0 bridgehead atoms. The number of carbonyl (C=O) groups is 1. The van der Waals surface area contributed by atoms with E-state index in [4.69, 9.17) is 0 Å². The van der Waals surface area contributed by atoms with Crippen molar-refractivity contribution in [2.45, 2.75) is 37.0 Å². The molecule has 2 rings (SSSR count). The van der Waals surface area contributed by atoms with E-state index in [-0.39, 0.29) is 17.7 Å². The van der Waals surface area contributed by atoms with Crippen LogP contribution in [0.3, 0.4) is 0 Å². The summed E-state index contributed by atoms with van der Waals surface area (Å²) in [6, 6.07) is 2.46. The number of nitrogens with zero attached hydrogens (tertiary/aromatic N) is 2. The highest BCUT2D eigenvalue weighted by Gasteiger charge is 2.30. The number of amides is 1. The van der Waals surface area contributed by atoms with Crippen molar-refractivity contribution in [1.29, 1.82) is 0 Å². The number of pyridine rings is 1. The summed E-state index contributed by atoms with van der Waals surface area (Å²) in [5, 5.41) is 3.39. The summed E-state index contributed by atoms with van der Waals surface area (Å²) in [6.07, 6.45) is -1.73. The summed E-state index contributed by atoms with van der Waals surface area (Å²) in [7, 11) is 0. The minimum atomic E-state index is -4.39. The maximum absolute atomic E-state index is 12.4. The standard InChI is InChI=1S/C15H20F3N3OS/c1-2-21-7-5-12(6-8-21)20-13(22)10-23-14-4-3-11(9-19-14)15(16,17)18/h3-4,9,12H,2,5-8,10H2,1H3,(H,20,22). The molecule has 1 amide bonds. The molecule has 1 aliphatic heterocycles. The molecule has 0 unspecified atom stereocenters. The molecule has 1 aromatic heterocycles. The Morgan fingerprint density at radius 2 is 2.09 bits per heavy atom. The Kier molecular flexibility index (Phi) is 6.29. The highest BCUT2D eigenvalue weighted by Crippen LogP contribution is 2.29. The summed E-state index contributed by atoms with van der Waals surface area (Å²) in [5.74, 6) is 0.0541. The topological polar surface area (TPSA) is 45.2 Å². The summed E-state index contributed by atoms with van der Waals surface area (Å²) < 4.78 is 37.3. The van der Waals surface area contributed by atoms with Gasteiger partial charge in [0.05, 0.1) is 16.3 Å². The second-order valence-electron chi connectivity index (χ2n) is 5.45. The number of rotatable bonds is 5. The largest absolute Gasteiger partial charge is 0.417 e. The fourth-order valence-electron chi connectivity index (χ4n) is 2.44. The molecule has 0 atom stereocenters. The molecule has 1 fully saturated rings. The van der Waals surface area contributed by atoms with Gasteiger partial charge >= 0.3 is 6.18 Å². The van der Waals surface area contributed by atoms with E-state index >= 15 is 0 Å². The van der Waals surface area contributed by atoms with Crippen LogP contribution in [0.2, 0.25) is 0 Å². The maximum atomic E-state index is 12.4. The van der Waals surface area contributed by atoms with Crippen LogP contribution in [0, 0.1) is 0 Å². The van der Waals surface area contributed by atoms with Gasteiger partial charge in [0.1, 0.15) is 0 Å². The Morgan fingerprint density at radius 1 is 1.39 bits per heavy atom. The van der Waals surface area contributed by atoms with Gasteiger partial charge in [0.15, 0.2) is 0 Å². The number of hydrogen-bond acceptors (Lipinski definition) is 4. The van der Waals surface area contributed by atoms with Gasteiger partial charge in [0.25, 0.3) is 0 Å². The van der Waals surface area contributed by atoms with Gasteiger partial charge in [-0.15, -0.1) is 0 Å². The number of nitrogens with one attached hydrogen (secondary N) is 1. The third-order valence-corrected chi connectivity index (χ3v) is 4.76. The monoisotopic (exact) mass is 347 g/mol. The molecular weight excluding hydrogens is 327 g/mol. The first-order valence-electron chi connectivity index (χ1n) is 7.56. The number of thioether (sulfide) groups is 1. The van der Waals surface area contributed by atoms with E-state index in [0.29, 0.717) is 5.03 Å². The van der Waals surface area contributed by atoms with Gasteiger partial charge in [-0.3, -0.25) is 4.79 Å². The number of aromatic nitrogens is 1. The lowest BCUT2D eigenvalue weighted by Crippen LogP contribution is -2.45. The van der Waals surface area contributed by atoms with Crippen LogP contribution in [0.5, 0.6) is 0 Å². The number of piperidine rings is 1. The van der Waals surface area contributed by atoms with E-state index in [1.54, 1.807) is 0 Å². The number of likely N-dealkylation sites (tertiary alicyclic amines) is 1. The zero-order valence-electron chi connectivity index (χ0n) is 12.9. The lowest BCUT2D eigenvalue weighted by molar-refractivity contribution is -0.137. The van der Waals surface area contributed by atoms with Crippen LogP contribution in [0.4, 0.5) is 13.2 Å². The van der Waals surface area contributed by atoms with Crippen molar-refractivity contribution in [3.05, 3.63) is 23.9 Å². The van der Waals surface area contributed by atoms with Gasteiger partial charge in [0.2, 0.25) is 5.91 Å². The van der Waals surface area contributed by atoms with E-state index in [9.17, 15) is 18.0 Å². The number of hydrogen-bond donors (Lipinski definition) is 1. The first-order chi connectivity index (χ1) is 10.9. The van der Waals surface area contributed by atoms with Gasteiger partial charge in [-0.2, -0.15) is 13.2 Å². The van der Waals surface area contributed by atoms with Crippen molar-refractivity contribution in [2.24, 2.45) is 0 Å². The lowest BCUT2D eigenvalue weighted by Gasteiger charge is -2.31. The zero-order valence-corrected chi connectivity index (χ0v) is 13.7. The van der Waals surface area contributed by atoms with Crippen molar-refractivity contribution in [3.63, 3.8) is 0 Å². The second kappa shape index (κ2) is 8.01. The van der Waals surface area contributed by atoms with Crippen molar-refractivity contribution in [2.75, 3.05) is 25.4 Å². The minimum Gasteiger partial charge on any atom is -0.353 e. The van der Waals surface area contributed by atoms with Crippen LogP contribution < -0.4 is 5.32 Å². The van der Waals surface area contributed by atoms with Crippen LogP contribution in [-0.2, 0) is 11.0 Å². The van der Waals surface area contributed by atoms with E-state index < -0.39 is 11.7 Å². The molecule has 2 heterocycles. The predicted octanol–water partition coefficient (Wildman–Crippen LogP) is 2.79. The quantitative estimate of drug-likeness (QED) is 0.832. The molecule has 0 radical (unpaired) electrons. The Morgan fingerprint density at radius 3 is 2.61 bits per heavy atom. The molecule has 0 spiro atoms. The summed E-state index contributed by atoms with van der Waals surface area (Å²) in [6.45, 7) is 5.10. The van der Waals surface area contributed by atoms with Gasteiger partial charge in [-0.05, 0) is 31.5 Å².